The van der Waals surface area contributed by atoms with Crippen LogP contribution in [-0.2, 0) is 0 Å². The minimum atomic E-state index is -2.56. The number of carbonyl (C=O) groups is 1. The number of fused-ring (bicyclic) bond motifs is 3. The highest BCUT2D eigenvalue weighted by Crippen LogP contribution is 2.51. The molecule has 0 heterocycles. The Morgan fingerprint density at radius 1 is 0.906 bits per heavy atom. The van der Waals surface area contributed by atoms with Gasteiger partial charge in [-0.15, -0.1) is 0 Å². The van der Waals surface area contributed by atoms with Crippen LogP contribution in [0.15, 0.2) is 42.5 Å². The molecule has 8 heteroatoms. The second-order valence-electron chi connectivity index (χ2n) is 7.26. The maximum absolute atomic E-state index is 15.2. The predicted molar refractivity (Wildman–Crippen MR) is 107 cm³/mol. The van der Waals surface area contributed by atoms with E-state index >= 15 is 4.39 Å². The van der Waals surface area contributed by atoms with Crippen molar-refractivity contribution in [3.8, 4) is 22.6 Å². The maximum Gasteiger partial charge on any atom is 0.346 e. The number of benzene rings is 3. The van der Waals surface area contributed by atoms with Crippen LogP contribution in [0.2, 0.25) is 0 Å². The van der Waals surface area contributed by atoms with Gasteiger partial charge in [-0.2, -0.15) is 0 Å². The molecular weight excluding hydrogens is 431 g/mol. The predicted octanol–water partition coefficient (Wildman–Crippen LogP) is 6.73. The van der Waals surface area contributed by atoms with Crippen LogP contribution in [0, 0.1) is 24.4 Å². The number of hydrogen-bond donors (Lipinski definition) is 0. The van der Waals surface area contributed by atoms with Crippen molar-refractivity contribution >= 4 is 5.97 Å². The number of aryl methyl sites for hydroxylation is 1. The van der Waals surface area contributed by atoms with Crippen LogP contribution in [0.4, 0.5) is 22.0 Å². The van der Waals surface area contributed by atoms with Gasteiger partial charge in [0.15, 0.2) is 23.9 Å². The molecule has 0 saturated carbocycles. The zero-order chi connectivity index (χ0) is 23.2. The number of hydrogen-bond acceptors (Lipinski definition) is 3. The summed E-state index contributed by atoms with van der Waals surface area (Å²) in [6, 6.07) is 8.43. The van der Waals surface area contributed by atoms with Crippen LogP contribution < -0.4 is 9.47 Å². The Hall–Kier alpha value is -3.42. The molecule has 0 radical (unpaired) electrons. The average molecular weight is 448 g/mol. The fourth-order valence-electron chi connectivity index (χ4n) is 3.69. The van der Waals surface area contributed by atoms with Crippen molar-refractivity contribution in [1.82, 2.24) is 0 Å². The highest BCUT2D eigenvalue weighted by Gasteiger charge is 2.40. The van der Waals surface area contributed by atoms with Crippen molar-refractivity contribution in [2.75, 3.05) is 6.61 Å². The van der Waals surface area contributed by atoms with Crippen LogP contribution in [0.1, 0.15) is 46.3 Å². The Morgan fingerprint density at radius 2 is 1.53 bits per heavy atom. The Morgan fingerprint density at radius 3 is 2.16 bits per heavy atom. The fourth-order valence-corrected chi connectivity index (χ4v) is 3.69. The zero-order valence-corrected chi connectivity index (χ0v) is 17.0. The van der Waals surface area contributed by atoms with Crippen LogP contribution in [0.5, 0.6) is 11.5 Å². The molecule has 2 atom stereocenters. The number of carbonyl (C=O) groups excluding carboxylic acids is 1. The van der Waals surface area contributed by atoms with Gasteiger partial charge in [0.2, 0.25) is 0 Å². The average Bonchev–Trinajstić information content (AvgIpc) is 2.76. The van der Waals surface area contributed by atoms with Crippen molar-refractivity contribution in [2.45, 2.75) is 26.2 Å². The molecule has 0 N–H and O–H groups in total. The van der Waals surface area contributed by atoms with E-state index in [2.05, 4.69) is 0 Å². The van der Waals surface area contributed by atoms with E-state index in [1.165, 1.54) is 37.3 Å². The number of ether oxygens (including phenoxy) is 2. The third kappa shape index (κ3) is 3.49. The number of alkyl halides is 2. The molecule has 166 valence electrons. The minimum Gasteiger partial charge on any atom is -0.491 e. The highest BCUT2D eigenvalue weighted by atomic mass is 19.2. The Labute approximate surface area is 180 Å². The number of esters is 1. The van der Waals surface area contributed by atoms with E-state index in [1.807, 2.05) is 0 Å². The number of rotatable bonds is 4. The van der Waals surface area contributed by atoms with E-state index < -0.39 is 52.5 Å². The molecule has 0 aliphatic heterocycles. The van der Waals surface area contributed by atoms with Gasteiger partial charge in [0.05, 0.1) is 12.2 Å². The van der Waals surface area contributed by atoms with E-state index in [0.29, 0.717) is 5.56 Å². The van der Waals surface area contributed by atoms with Crippen LogP contribution in [0.3, 0.4) is 0 Å². The molecule has 0 fully saturated rings. The molecule has 3 aromatic carbocycles. The van der Waals surface area contributed by atoms with E-state index in [-0.39, 0.29) is 29.2 Å². The summed E-state index contributed by atoms with van der Waals surface area (Å²) in [5, 5.41) is 0. The lowest BCUT2D eigenvalue weighted by Gasteiger charge is -2.28. The van der Waals surface area contributed by atoms with Gasteiger partial charge >= 0.3 is 5.97 Å². The molecule has 32 heavy (non-hydrogen) atoms. The topological polar surface area (TPSA) is 35.5 Å². The van der Waals surface area contributed by atoms with Gasteiger partial charge in [-0.3, -0.25) is 0 Å². The van der Waals surface area contributed by atoms with Crippen molar-refractivity contribution in [3.63, 3.8) is 0 Å². The largest absolute Gasteiger partial charge is 0.491 e. The van der Waals surface area contributed by atoms with Gasteiger partial charge in [0.25, 0.3) is 0 Å². The fraction of sp³-hybridized carbons (Fsp3) is 0.208. The number of halogens is 5. The summed E-state index contributed by atoms with van der Waals surface area (Å²) in [6.07, 6.45) is -5.07. The molecule has 0 spiro atoms. The first-order valence-corrected chi connectivity index (χ1v) is 9.79. The first-order valence-electron chi connectivity index (χ1n) is 9.79. The first-order chi connectivity index (χ1) is 15.2. The lowest BCUT2D eigenvalue weighted by Crippen LogP contribution is -2.19. The molecule has 0 aromatic heterocycles. The van der Waals surface area contributed by atoms with E-state index in [9.17, 15) is 22.4 Å². The summed E-state index contributed by atoms with van der Waals surface area (Å²) in [7, 11) is 0. The van der Waals surface area contributed by atoms with Gasteiger partial charge in [-0.1, -0.05) is 18.2 Å². The van der Waals surface area contributed by atoms with Gasteiger partial charge in [0, 0.05) is 17.2 Å². The molecule has 1 aliphatic carbocycles. The van der Waals surface area contributed by atoms with Crippen molar-refractivity contribution in [1.29, 1.82) is 0 Å². The monoisotopic (exact) mass is 448 g/mol. The molecule has 0 saturated heterocycles. The Balaban J connectivity index is 1.77. The molecule has 3 aromatic rings. The normalized spacial score (nSPS) is 16.8. The quantitative estimate of drug-likeness (QED) is 0.252. The second-order valence-corrected chi connectivity index (χ2v) is 7.26. The standard InChI is InChI=1S/C24H17F5O3/c1-3-31-17-9-8-14-13-6-7-15(24(30)32-12-5-4-11(2)16(25)10-12)20(26)18(13)22(28)23(29)19(14)21(17)27/h4-10,22-23H,3H2,1-2H3. The third-order valence-corrected chi connectivity index (χ3v) is 5.30. The van der Waals surface area contributed by atoms with Crippen LogP contribution in [0.25, 0.3) is 11.1 Å². The Kier molecular flexibility index (Phi) is 5.62. The maximum atomic E-state index is 15.2. The zero-order valence-electron chi connectivity index (χ0n) is 17.0. The van der Waals surface area contributed by atoms with Crippen molar-refractivity contribution in [3.05, 3.63) is 82.2 Å². The third-order valence-electron chi connectivity index (χ3n) is 5.30. The second kappa shape index (κ2) is 8.26. The van der Waals surface area contributed by atoms with Crippen molar-refractivity contribution < 1.29 is 36.2 Å². The molecule has 3 nitrogen and oxygen atoms in total. The summed E-state index contributed by atoms with van der Waals surface area (Å²) in [5.74, 6) is -4.64. The van der Waals surface area contributed by atoms with Gasteiger partial charge in [0.1, 0.15) is 17.4 Å². The summed E-state index contributed by atoms with van der Waals surface area (Å²) in [6.45, 7) is 3.24. The lowest BCUT2D eigenvalue weighted by molar-refractivity contribution is 0.0728. The summed E-state index contributed by atoms with van der Waals surface area (Å²) in [5.41, 5.74) is -1.74. The first kappa shape index (κ1) is 21.8. The highest BCUT2D eigenvalue weighted by molar-refractivity contribution is 5.93. The van der Waals surface area contributed by atoms with Crippen LogP contribution >= 0.6 is 0 Å². The lowest BCUT2D eigenvalue weighted by atomic mass is 9.81. The summed E-state index contributed by atoms with van der Waals surface area (Å²) in [4.78, 5) is 12.4. The molecule has 4 rings (SSSR count). The van der Waals surface area contributed by atoms with Crippen LogP contribution in [-0.4, -0.2) is 12.6 Å². The molecule has 1 aliphatic rings. The van der Waals surface area contributed by atoms with Crippen molar-refractivity contribution in [2.24, 2.45) is 0 Å². The van der Waals surface area contributed by atoms with E-state index in [1.54, 1.807) is 6.92 Å². The molecular formula is C24H17F5O3. The Bertz CT molecular complexity index is 1220. The molecule has 2 unspecified atom stereocenters. The van der Waals surface area contributed by atoms with Gasteiger partial charge in [-0.05, 0) is 48.7 Å². The molecule has 0 amide bonds. The SMILES string of the molecule is CCOc1ccc2c(c1F)C(F)C(F)c1c-2ccc(C(=O)Oc2ccc(C)c(F)c2)c1F. The smallest absolute Gasteiger partial charge is 0.346 e. The minimum absolute atomic E-state index is 0.0400. The summed E-state index contributed by atoms with van der Waals surface area (Å²) >= 11 is 0. The molecule has 0 bridgehead atoms. The van der Waals surface area contributed by atoms with Gasteiger partial charge in [-0.25, -0.2) is 26.7 Å². The summed E-state index contributed by atoms with van der Waals surface area (Å²) < 4.78 is 83.5. The van der Waals surface area contributed by atoms with E-state index in [0.717, 1.165) is 12.1 Å². The van der Waals surface area contributed by atoms with Gasteiger partial charge < -0.3 is 9.47 Å². The van der Waals surface area contributed by atoms with E-state index in [4.69, 9.17) is 9.47 Å².